The van der Waals surface area contributed by atoms with Gasteiger partial charge in [0.05, 0.1) is 38.2 Å². The van der Waals surface area contributed by atoms with Gasteiger partial charge in [0.1, 0.15) is 40.9 Å². The van der Waals surface area contributed by atoms with E-state index in [1.165, 1.54) is 25.3 Å². The molecule has 1 aliphatic heterocycles. The summed E-state index contributed by atoms with van der Waals surface area (Å²) < 4.78 is 17.3. The average molecular weight is 949 g/mol. The molecule has 3 amide bonds. The van der Waals surface area contributed by atoms with Crippen LogP contribution in [0.4, 0.5) is 10.6 Å². The zero-order valence-electron chi connectivity index (χ0n) is 38.5. The molecule has 17 nitrogen and oxygen atoms in total. The number of nitrogen functional groups attached to an aromatic ring is 1. The van der Waals surface area contributed by atoms with Gasteiger partial charge in [-0.3, -0.25) is 19.3 Å². The van der Waals surface area contributed by atoms with Crippen LogP contribution in [0.15, 0.2) is 84.2 Å². The molecule has 360 valence electrons. The van der Waals surface area contributed by atoms with Crippen LogP contribution in [0.2, 0.25) is 0 Å². The van der Waals surface area contributed by atoms with Gasteiger partial charge in [-0.05, 0) is 80.0 Å². The lowest BCUT2D eigenvalue weighted by atomic mass is 9.83. The van der Waals surface area contributed by atoms with Crippen LogP contribution in [-0.4, -0.2) is 124 Å². The first-order chi connectivity index (χ1) is 33.0. The number of thiazole rings is 1. The van der Waals surface area contributed by atoms with E-state index in [1.807, 2.05) is 36.4 Å². The number of aromatic nitrogens is 3. The summed E-state index contributed by atoms with van der Waals surface area (Å²) in [4.78, 5) is 60.1. The zero-order valence-corrected chi connectivity index (χ0v) is 39.3. The number of anilines is 1. The smallest absolute Gasteiger partial charge is 0.407 e. The second-order valence-corrected chi connectivity index (χ2v) is 18.0. The summed E-state index contributed by atoms with van der Waals surface area (Å²) in [7, 11) is 1.34. The van der Waals surface area contributed by atoms with E-state index >= 15 is 0 Å². The molecule has 5 aromatic rings. The Balaban J connectivity index is 0.806. The predicted molar refractivity (Wildman–Crippen MR) is 257 cm³/mol. The number of nitrogens with two attached hydrogens (primary N) is 1. The second kappa shape index (κ2) is 24.0. The highest BCUT2D eigenvalue weighted by molar-refractivity contribution is 7.10. The monoisotopic (exact) mass is 948 g/mol. The number of ether oxygens (including phenoxy) is 3. The predicted octanol–water partition coefficient (Wildman–Crippen LogP) is 6.71. The first-order valence-electron chi connectivity index (χ1n) is 23.1. The maximum absolute atomic E-state index is 14.3. The molecular weight excluding hydrogens is 889 g/mol. The molecule has 2 aliphatic rings. The average Bonchev–Trinajstić information content (AvgIpc) is 4.06. The summed E-state index contributed by atoms with van der Waals surface area (Å²) in [6.07, 6.45) is 4.81. The number of phenolic OH excluding ortho intramolecular Hbond substituents is 1. The number of para-hydroxylation sites is 1. The van der Waals surface area contributed by atoms with Gasteiger partial charge in [-0.2, -0.15) is 0 Å². The maximum Gasteiger partial charge on any atom is 0.407 e. The normalized spacial score (nSPS) is 16.0. The van der Waals surface area contributed by atoms with Crippen LogP contribution >= 0.6 is 11.3 Å². The quantitative estimate of drug-likeness (QED) is 0.0359. The SMILES string of the molecule is C[C@@H](C(=O)N[C@H](C(=O)N1CCC[C@H]1c1nc(C(=O)c2cccc(OCCOCCOCCNCc3ccc(-c4cc(-c5ccccc5O)nnc4N)cc3)c2)cs1)C1CCCCC1)N(C)C(=O)O. The van der Waals surface area contributed by atoms with Gasteiger partial charge in [0.15, 0.2) is 5.82 Å². The van der Waals surface area contributed by atoms with Crippen molar-refractivity contribution in [1.29, 1.82) is 0 Å². The van der Waals surface area contributed by atoms with Gasteiger partial charge in [-0.15, -0.1) is 21.5 Å². The Morgan fingerprint density at radius 2 is 1.63 bits per heavy atom. The summed E-state index contributed by atoms with van der Waals surface area (Å²) in [6.45, 7) is 5.28. The molecule has 3 heterocycles. The Bertz CT molecular complexity index is 2500. The lowest BCUT2D eigenvalue weighted by Crippen LogP contribution is -2.56. The minimum absolute atomic E-state index is 0.0520. The van der Waals surface area contributed by atoms with E-state index in [0.29, 0.717) is 85.9 Å². The molecule has 6 N–H and O–H groups in total. The molecule has 0 spiro atoms. The standard InChI is InChI=1S/C50H60N8O9S/c1-32(57(2)50(63)64)47(61)54-44(35-10-4-3-5-11-35)49(62)58-22-9-15-42(58)48-53-41(31-68-48)45(60)36-12-8-13-37(28-36)67-27-26-66-25-24-65-23-21-52-30-33-17-19-34(20-18-33)39-29-40(55-56-46(39)51)38-14-6-7-16-43(38)59/h6-8,12-14,16-20,28-29,31-32,35,42,44,52,59H,3-5,9-11,15,21-27,30H2,1-2H3,(H2,51,56)(H,54,61)(H,63,64)/t32-,42-,44-/m0/s1. The van der Waals surface area contributed by atoms with E-state index in [0.717, 1.165) is 60.1 Å². The lowest BCUT2D eigenvalue weighted by Gasteiger charge is -2.35. The minimum atomic E-state index is -1.22. The molecule has 0 unspecified atom stereocenters. The highest BCUT2D eigenvalue weighted by Gasteiger charge is 2.41. The van der Waals surface area contributed by atoms with Crippen molar-refractivity contribution in [1.82, 2.24) is 35.6 Å². The Morgan fingerprint density at radius 1 is 0.882 bits per heavy atom. The van der Waals surface area contributed by atoms with Gasteiger partial charge in [-0.25, -0.2) is 9.78 Å². The first-order valence-corrected chi connectivity index (χ1v) is 24.0. The number of nitrogens with one attached hydrogen (secondary N) is 2. The van der Waals surface area contributed by atoms with Crippen molar-refractivity contribution in [3.8, 4) is 33.9 Å². The fourth-order valence-corrected chi connectivity index (χ4v) is 9.47. The van der Waals surface area contributed by atoms with E-state index in [2.05, 4.69) is 20.8 Å². The van der Waals surface area contributed by atoms with Crippen LogP contribution in [0.25, 0.3) is 22.4 Å². The summed E-state index contributed by atoms with van der Waals surface area (Å²) in [5, 5.41) is 36.6. The van der Waals surface area contributed by atoms with E-state index in [1.54, 1.807) is 52.7 Å². The highest BCUT2D eigenvalue weighted by Crippen LogP contribution is 2.37. The molecule has 68 heavy (non-hydrogen) atoms. The number of hydrogen-bond donors (Lipinski definition) is 5. The van der Waals surface area contributed by atoms with Gasteiger partial charge in [0.2, 0.25) is 17.6 Å². The number of amides is 3. The number of carbonyl (C=O) groups is 4. The fourth-order valence-electron chi connectivity index (χ4n) is 8.52. The van der Waals surface area contributed by atoms with Crippen molar-refractivity contribution in [3.63, 3.8) is 0 Å². The molecule has 1 saturated carbocycles. The number of ketones is 1. The third kappa shape index (κ3) is 12.7. The molecule has 3 atom stereocenters. The van der Waals surface area contributed by atoms with Gasteiger partial charge in [0, 0.05) is 48.8 Å². The topological polar surface area (TPSA) is 232 Å². The van der Waals surface area contributed by atoms with Crippen LogP contribution in [0.3, 0.4) is 0 Å². The number of likely N-dealkylation sites (tertiary alicyclic amines) is 1. The Hall–Kier alpha value is -6.47. The van der Waals surface area contributed by atoms with Crippen LogP contribution in [0, 0.1) is 5.92 Å². The summed E-state index contributed by atoms with van der Waals surface area (Å²) in [6, 6.07) is 21.7. The third-order valence-electron chi connectivity index (χ3n) is 12.5. The molecule has 1 saturated heterocycles. The van der Waals surface area contributed by atoms with E-state index in [-0.39, 0.29) is 41.7 Å². The molecule has 7 rings (SSSR count). The Labute approximate surface area is 400 Å². The van der Waals surface area contributed by atoms with Crippen molar-refractivity contribution in [2.45, 2.75) is 76.5 Å². The Kier molecular flexibility index (Phi) is 17.5. The van der Waals surface area contributed by atoms with Crippen molar-refractivity contribution in [2.75, 3.05) is 58.9 Å². The molecule has 2 aromatic heterocycles. The summed E-state index contributed by atoms with van der Waals surface area (Å²) in [5.41, 5.74) is 10.7. The van der Waals surface area contributed by atoms with Crippen LogP contribution in [0.1, 0.15) is 84.5 Å². The molecular formula is C50H60N8O9S. The largest absolute Gasteiger partial charge is 0.507 e. The second-order valence-electron chi connectivity index (χ2n) is 17.1. The van der Waals surface area contributed by atoms with Crippen LogP contribution in [-0.2, 0) is 25.6 Å². The molecule has 3 aromatic carbocycles. The van der Waals surface area contributed by atoms with Crippen LogP contribution < -0.4 is 21.1 Å². The highest BCUT2D eigenvalue weighted by atomic mass is 32.1. The molecule has 0 bridgehead atoms. The van der Waals surface area contributed by atoms with E-state index in [4.69, 9.17) is 24.9 Å². The minimum Gasteiger partial charge on any atom is -0.507 e. The molecule has 1 aliphatic carbocycles. The number of carbonyl (C=O) groups excluding carboxylic acids is 3. The number of aromatic hydroxyl groups is 1. The molecule has 18 heteroatoms. The number of likely N-dealkylation sites (N-methyl/N-ethyl adjacent to an activating group) is 1. The van der Waals surface area contributed by atoms with E-state index in [9.17, 15) is 29.4 Å². The number of rotatable bonds is 22. The summed E-state index contributed by atoms with van der Waals surface area (Å²) >= 11 is 1.34. The van der Waals surface area contributed by atoms with Gasteiger partial charge in [-0.1, -0.05) is 67.8 Å². The Morgan fingerprint density at radius 3 is 2.40 bits per heavy atom. The van der Waals surface area contributed by atoms with Crippen LogP contribution in [0.5, 0.6) is 11.5 Å². The molecule has 0 radical (unpaired) electrons. The van der Waals surface area contributed by atoms with Crippen molar-refractivity contribution in [2.24, 2.45) is 5.92 Å². The zero-order chi connectivity index (χ0) is 48.0. The third-order valence-corrected chi connectivity index (χ3v) is 13.5. The number of hydrogen-bond acceptors (Lipinski definition) is 14. The summed E-state index contributed by atoms with van der Waals surface area (Å²) in [5.74, 6) is -0.0541. The number of carboxylic acid groups (broad SMARTS) is 1. The first kappa shape index (κ1) is 49.4. The van der Waals surface area contributed by atoms with E-state index < -0.39 is 24.1 Å². The van der Waals surface area contributed by atoms with Gasteiger partial charge >= 0.3 is 6.09 Å². The van der Waals surface area contributed by atoms with Crippen molar-refractivity contribution in [3.05, 3.63) is 106 Å². The number of phenols is 1. The number of nitrogens with zero attached hydrogens (tertiary/aromatic N) is 5. The van der Waals surface area contributed by atoms with Gasteiger partial charge < -0.3 is 45.7 Å². The fraction of sp³-hybridized carbons (Fsp3) is 0.420. The lowest BCUT2D eigenvalue weighted by molar-refractivity contribution is -0.140. The van der Waals surface area contributed by atoms with Gasteiger partial charge in [0.25, 0.3) is 0 Å². The maximum atomic E-state index is 14.3. The van der Waals surface area contributed by atoms with Crippen molar-refractivity contribution >= 4 is 40.8 Å². The van der Waals surface area contributed by atoms with Crippen molar-refractivity contribution < 1.29 is 43.6 Å². The molecule has 2 fully saturated rings. The number of benzene rings is 3.